The number of carbonyl (C=O) groups is 2. The Bertz CT molecular complexity index is 783. The van der Waals surface area contributed by atoms with Crippen LogP contribution in [0.15, 0.2) is 46.9 Å². The molecule has 0 aliphatic rings. The van der Waals surface area contributed by atoms with E-state index >= 15 is 0 Å². The van der Waals surface area contributed by atoms with Crippen molar-refractivity contribution in [1.82, 2.24) is 10.9 Å². The molecule has 0 radical (unpaired) electrons. The van der Waals surface area contributed by atoms with E-state index in [1.165, 1.54) is 0 Å². The number of hydrogen-bond acceptors (Lipinski definition) is 4. The number of benzene rings is 2. The molecule has 0 bridgehead atoms. The number of carbonyl (C=O) groups excluding carboxylic acids is 2. The van der Waals surface area contributed by atoms with Crippen molar-refractivity contribution in [3.8, 4) is 11.5 Å². The molecule has 0 spiro atoms. The number of hydrazine groups is 1. The van der Waals surface area contributed by atoms with E-state index in [1.807, 2.05) is 19.1 Å². The van der Waals surface area contributed by atoms with Crippen LogP contribution in [-0.2, 0) is 9.59 Å². The van der Waals surface area contributed by atoms with Crippen LogP contribution in [0.3, 0.4) is 0 Å². The molecule has 6 nitrogen and oxygen atoms in total. The SMILES string of the molecule is Cc1ccc(OC(C)C(=O)NNC(=O)COc2ccc(Cl)cc2Br)cc1. The highest BCUT2D eigenvalue weighted by molar-refractivity contribution is 9.10. The summed E-state index contributed by atoms with van der Waals surface area (Å²) in [6.45, 7) is 3.27. The Morgan fingerprint density at radius 1 is 1.15 bits per heavy atom. The van der Waals surface area contributed by atoms with Gasteiger partial charge in [0.25, 0.3) is 11.8 Å². The van der Waals surface area contributed by atoms with Crippen LogP contribution >= 0.6 is 27.5 Å². The van der Waals surface area contributed by atoms with Crippen molar-refractivity contribution in [3.63, 3.8) is 0 Å². The molecule has 0 saturated heterocycles. The predicted octanol–water partition coefficient (Wildman–Crippen LogP) is 3.40. The Balaban J connectivity index is 1.75. The van der Waals surface area contributed by atoms with Gasteiger partial charge in [0.15, 0.2) is 12.7 Å². The molecule has 0 saturated carbocycles. The molecule has 2 amide bonds. The monoisotopic (exact) mass is 440 g/mol. The smallest absolute Gasteiger partial charge is 0.279 e. The first-order chi connectivity index (χ1) is 12.3. The number of ether oxygens (including phenoxy) is 2. The zero-order chi connectivity index (χ0) is 19.1. The Labute approximate surface area is 164 Å². The highest BCUT2D eigenvalue weighted by atomic mass is 79.9. The van der Waals surface area contributed by atoms with E-state index in [-0.39, 0.29) is 6.61 Å². The number of aryl methyl sites for hydroxylation is 1. The van der Waals surface area contributed by atoms with E-state index in [0.717, 1.165) is 5.56 Å². The van der Waals surface area contributed by atoms with Gasteiger partial charge in [0.2, 0.25) is 0 Å². The van der Waals surface area contributed by atoms with Crippen LogP contribution in [0, 0.1) is 6.92 Å². The normalized spacial score (nSPS) is 11.4. The van der Waals surface area contributed by atoms with Crippen LogP contribution in [0.25, 0.3) is 0 Å². The van der Waals surface area contributed by atoms with Crippen LogP contribution < -0.4 is 20.3 Å². The van der Waals surface area contributed by atoms with Crippen LogP contribution in [0.2, 0.25) is 5.02 Å². The number of halogens is 2. The molecule has 1 atom stereocenters. The number of hydrogen-bond donors (Lipinski definition) is 2. The van der Waals surface area contributed by atoms with Gasteiger partial charge in [0.05, 0.1) is 4.47 Å². The fraction of sp³-hybridized carbons (Fsp3) is 0.222. The largest absolute Gasteiger partial charge is 0.483 e. The van der Waals surface area contributed by atoms with Crippen molar-refractivity contribution in [2.45, 2.75) is 20.0 Å². The highest BCUT2D eigenvalue weighted by Crippen LogP contribution is 2.27. The number of nitrogens with one attached hydrogen (secondary N) is 2. The van der Waals surface area contributed by atoms with Gasteiger partial charge in [-0.3, -0.25) is 20.4 Å². The molecule has 138 valence electrons. The molecule has 26 heavy (non-hydrogen) atoms. The van der Waals surface area contributed by atoms with Crippen LogP contribution in [0.1, 0.15) is 12.5 Å². The summed E-state index contributed by atoms with van der Waals surface area (Å²) in [4.78, 5) is 23.8. The Hall–Kier alpha value is -2.25. The fourth-order valence-electron chi connectivity index (χ4n) is 1.88. The maximum Gasteiger partial charge on any atom is 0.279 e. The topological polar surface area (TPSA) is 76.7 Å². The Kier molecular flexibility index (Phi) is 7.29. The lowest BCUT2D eigenvalue weighted by Crippen LogP contribution is -2.48. The summed E-state index contributed by atoms with van der Waals surface area (Å²) < 4.78 is 11.5. The molecule has 2 rings (SSSR count). The van der Waals surface area contributed by atoms with Crippen molar-refractivity contribution < 1.29 is 19.1 Å². The third-order valence-electron chi connectivity index (χ3n) is 3.28. The van der Waals surface area contributed by atoms with Gasteiger partial charge in [-0.25, -0.2) is 0 Å². The van der Waals surface area contributed by atoms with Crippen molar-refractivity contribution in [3.05, 3.63) is 57.5 Å². The van der Waals surface area contributed by atoms with Gasteiger partial charge in [-0.05, 0) is 60.1 Å². The number of amides is 2. The van der Waals surface area contributed by atoms with Crippen molar-refractivity contribution in [2.24, 2.45) is 0 Å². The molecular formula is C18H18BrClN2O4. The first-order valence-electron chi connectivity index (χ1n) is 7.75. The summed E-state index contributed by atoms with van der Waals surface area (Å²) in [7, 11) is 0. The maximum absolute atomic E-state index is 12.0. The van der Waals surface area contributed by atoms with E-state index in [0.29, 0.717) is 21.0 Å². The Morgan fingerprint density at radius 3 is 2.50 bits per heavy atom. The molecule has 0 fully saturated rings. The quantitative estimate of drug-likeness (QED) is 0.674. The summed E-state index contributed by atoms with van der Waals surface area (Å²) >= 11 is 9.12. The van der Waals surface area contributed by atoms with Crippen molar-refractivity contribution in [1.29, 1.82) is 0 Å². The second-order valence-corrected chi connectivity index (χ2v) is 6.76. The van der Waals surface area contributed by atoms with Crippen molar-refractivity contribution in [2.75, 3.05) is 6.61 Å². The maximum atomic E-state index is 12.0. The molecule has 0 aliphatic carbocycles. The van der Waals surface area contributed by atoms with Crippen LogP contribution in [0.5, 0.6) is 11.5 Å². The van der Waals surface area contributed by atoms with Gasteiger partial charge < -0.3 is 9.47 Å². The average Bonchev–Trinajstić information content (AvgIpc) is 2.60. The molecule has 0 aliphatic heterocycles. The molecule has 2 aromatic carbocycles. The summed E-state index contributed by atoms with van der Waals surface area (Å²) in [6, 6.07) is 12.2. The van der Waals surface area contributed by atoms with E-state index in [2.05, 4.69) is 26.8 Å². The second kappa shape index (κ2) is 9.45. The Morgan fingerprint density at radius 2 is 1.85 bits per heavy atom. The average molecular weight is 442 g/mol. The minimum absolute atomic E-state index is 0.270. The molecule has 0 aromatic heterocycles. The third kappa shape index (κ3) is 6.24. The zero-order valence-electron chi connectivity index (χ0n) is 14.2. The molecule has 2 aromatic rings. The van der Waals surface area contributed by atoms with Crippen LogP contribution in [0.4, 0.5) is 0 Å². The number of rotatable bonds is 6. The third-order valence-corrected chi connectivity index (χ3v) is 4.14. The fourth-order valence-corrected chi connectivity index (χ4v) is 2.68. The van der Waals surface area contributed by atoms with Gasteiger partial charge in [-0.1, -0.05) is 29.3 Å². The van der Waals surface area contributed by atoms with Crippen molar-refractivity contribution >= 4 is 39.3 Å². The van der Waals surface area contributed by atoms with Gasteiger partial charge in [0.1, 0.15) is 11.5 Å². The van der Waals surface area contributed by atoms with Gasteiger partial charge in [-0.2, -0.15) is 0 Å². The summed E-state index contributed by atoms with van der Waals surface area (Å²) in [5.41, 5.74) is 5.66. The minimum Gasteiger partial charge on any atom is -0.483 e. The lowest BCUT2D eigenvalue weighted by atomic mass is 10.2. The van der Waals surface area contributed by atoms with E-state index in [4.69, 9.17) is 21.1 Å². The van der Waals surface area contributed by atoms with E-state index in [9.17, 15) is 9.59 Å². The summed E-state index contributed by atoms with van der Waals surface area (Å²) in [5, 5.41) is 0.545. The first-order valence-corrected chi connectivity index (χ1v) is 8.92. The molecular weight excluding hydrogens is 424 g/mol. The molecule has 0 heterocycles. The van der Waals surface area contributed by atoms with Crippen LogP contribution in [-0.4, -0.2) is 24.5 Å². The zero-order valence-corrected chi connectivity index (χ0v) is 16.6. The molecule has 8 heteroatoms. The standard InChI is InChI=1S/C18H18BrClN2O4/c1-11-3-6-14(7-4-11)26-12(2)18(24)22-21-17(23)10-25-16-8-5-13(20)9-15(16)19/h3-9,12H,10H2,1-2H3,(H,21,23)(H,22,24). The summed E-state index contributed by atoms with van der Waals surface area (Å²) in [6.07, 6.45) is -0.774. The van der Waals surface area contributed by atoms with Gasteiger partial charge >= 0.3 is 0 Å². The predicted molar refractivity (Wildman–Crippen MR) is 102 cm³/mol. The minimum atomic E-state index is -0.774. The first kappa shape index (κ1) is 20.1. The highest BCUT2D eigenvalue weighted by Gasteiger charge is 2.15. The lowest BCUT2D eigenvalue weighted by molar-refractivity contribution is -0.133. The summed E-state index contributed by atoms with van der Waals surface area (Å²) in [5.74, 6) is 0.0433. The lowest BCUT2D eigenvalue weighted by Gasteiger charge is -2.15. The van der Waals surface area contributed by atoms with Gasteiger partial charge in [0, 0.05) is 5.02 Å². The van der Waals surface area contributed by atoms with E-state index in [1.54, 1.807) is 37.3 Å². The molecule has 2 N–H and O–H groups in total. The molecule has 1 unspecified atom stereocenters. The second-order valence-electron chi connectivity index (χ2n) is 5.47. The van der Waals surface area contributed by atoms with E-state index < -0.39 is 17.9 Å². The van der Waals surface area contributed by atoms with Gasteiger partial charge in [-0.15, -0.1) is 0 Å².